The lowest BCUT2D eigenvalue weighted by molar-refractivity contribution is 0.0350. The van der Waals surface area contributed by atoms with E-state index in [-0.39, 0.29) is 0 Å². The first-order chi connectivity index (χ1) is 7.40. The fourth-order valence-electron chi connectivity index (χ4n) is 1.64. The van der Waals surface area contributed by atoms with Gasteiger partial charge in [-0.05, 0) is 32.5 Å². The van der Waals surface area contributed by atoms with E-state index in [2.05, 4.69) is 16.8 Å². The highest BCUT2D eigenvalue weighted by atomic mass is 16.3. The third-order valence-electron chi connectivity index (χ3n) is 2.28. The maximum absolute atomic E-state index is 9.77. The highest BCUT2D eigenvalue weighted by Crippen LogP contribution is 2.10. The molecule has 0 radical (unpaired) electrons. The smallest absolute Gasteiger partial charge is 0.0718 e. The lowest BCUT2D eigenvalue weighted by Gasteiger charge is -2.27. The molecule has 0 fully saturated rings. The summed E-state index contributed by atoms with van der Waals surface area (Å²) < 4.78 is 0. The monoisotopic (exact) mass is 223 g/mol. The molecule has 16 heavy (non-hydrogen) atoms. The number of nitrogens with two attached hydrogens (primary N) is 1. The summed E-state index contributed by atoms with van der Waals surface area (Å²) in [6, 6.07) is 3.64. The Hall–Kier alpha value is -1.13. The molecular weight excluding hydrogens is 202 g/mol. The fourth-order valence-corrected chi connectivity index (χ4v) is 1.64. The number of likely N-dealkylation sites (N-methyl/N-ethyl adjacent to an activating group) is 1. The number of aliphatic hydroxyl groups is 1. The van der Waals surface area contributed by atoms with Crippen LogP contribution >= 0.6 is 0 Å². The van der Waals surface area contributed by atoms with E-state index in [1.165, 1.54) is 0 Å². The highest BCUT2D eigenvalue weighted by Gasteiger charge is 2.17. The average molecular weight is 223 g/mol. The highest BCUT2D eigenvalue weighted by molar-refractivity contribution is 5.37. The molecule has 3 N–H and O–H groups in total. The molecule has 0 aliphatic rings. The Balaban J connectivity index is 2.63. The van der Waals surface area contributed by atoms with Gasteiger partial charge in [0, 0.05) is 25.0 Å². The van der Waals surface area contributed by atoms with Crippen LogP contribution in [0.25, 0.3) is 0 Å². The zero-order valence-electron chi connectivity index (χ0n) is 10.3. The van der Waals surface area contributed by atoms with Crippen LogP contribution in [0.3, 0.4) is 0 Å². The van der Waals surface area contributed by atoms with E-state index < -0.39 is 5.60 Å². The minimum Gasteiger partial charge on any atom is -0.399 e. The van der Waals surface area contributed by atoms with E-state index in [1.807, 2.05) is 19.9 Å². The molecule has 0 aromatic carbocycles. The van der Waals surface area contributed by atoms with Gasteiger partial charge in [0.1, 0.15) is 0 Å². The van der Waals surface area contributed by atoms with Crippen LogP contribution in [0.5, 0.6) is 0 Å². The zero-order valence-corrected chi connectivity index (χ0v) is 10.3. The van der Waals surface area contributed by atoms with Gasteiger partial charge in [0.2, 0.25) is 0 Å². The second kappa shape index (κ2) is 5.27. The van der Waals surface area contributed by atoms with E-state index >= 15 is 0 Å². The summed E-state index contributed by atoms with van der Waals surface area (Å²) in [5.41, 5.74) is 6.67. The molecule has 1 aromatic heterocycles. The average Bonchev–Trinajstić information content (AvgIpc) is 2.14. The number of anilines is 1. The van der Waals surface area contributed by atoms with Gasteiger partial charge in [-0.1, -0.05) is 6.92 Å². The number of hydrogen-bond acceptors (Lipinski definition) is 4. The topological polar surface area (TPSA) is 62.4 Å². The van der Waals surface area contributed by atoms with E-state index in [9.17, 15) is 5.11 Å². The van der Waals surface area contributed by atoms with Gasteiger partial charge >= 0.3 is 0 Å². The number of hydrogen-bond donors (Lipinski definition) is 2. The zero-order chi connectivity index (χ0) is 12.2. The van der Waals surface area contributed by atoms with Crippen molar-refractivity contribution < 1.29 is 5.11 Å². The Morgan fingerprint density at radius 3 is 2.69 bits per heavy atom. The van der Waals surface area contributed by atoms with Crippen LogP contribution in [0.2, 0.25) is 0 Å². The number of nitrogens with zero attached hydrogens (tertiary/aromatic N) is 2. The van der Waals surface area contributed by atoms with Gasteiger partial charge in [-0.3, -0.25) is 9.88 Å². The summed E-state index contributed by atoms with van der Waals surface area (Å²) in [4.78, 5) is 6.39. The molecule has 4 nitrogen and oxygen atoms in total. The van der Waals surface area contributed by atoms with Crippen molar-refractivity contribution in [2.45, 2.75) is 32.9 Å². The molecule has 1 rings (SSSR count). The standard InChI is InChI=1S/C12H21N3O/c1-4-15(9-12(2,3)16)8-11-7-10(13)5-6-14-11/h5-7,16H,4,8-9H2,1-3H3,(H2,13,14). The minimum absolute atomic E-state index is 0.625. The Morgan fingerprint density at radius 1 is 1.50 bits per heavy atom. The number of aromatic nitrogens is 1. The van der Waals surface area contributed by atoms with E-state index in [4.69, 9.17) is 5.73 Å². The van der Waals surface area contributed by atoms with Crippen LogP contribution in [-0.2, 0) is 6.54 Å². The molecule has 0 saturated carbocycles. The molecule has 0 saturated heterocycles. The summed E-state index contributed by atoms with van der Waals surface area (Å²) in [6.45, 7) is 7.90. The van der Waals surface area contributed by atoms with Crippen LogP contribution in [0.1, 0.15) is 26.5 Å². The van der Waals surface area contributed by atoms with Crippen LogP contribution < -0.4 is 5.73 Å². The lowest BCUT2D eigenvalue weighted by Crippen LogP contribution is -2.38. The first-order valence-electron chi connectivity index (χ1n) is 5.56. The Kier molecular flexibility index (Phi) is 4.26. The van der Waals surface area contributed by atoms with Crippen molar-refractivity contribution in [1.29, 1.82) is 0 Å². The van der Waals surface area contributed by atoms with E-state index in [0.717, 1.165) is 17.9 Å². The van der Waals surface area contributed by atoms with Crippen molar-refractivity contribution in [3.05, 3.63) is 24.0 Å². The summed E-state index contributed by atoms with van der Waals surface area (Å²) >= 11 is 0. The molecule has 1 aromatic rings. The van der Waals surface area contributed by atoms with Gasteiger partial charge in [0.15, 0.2) is 0 Å². The number of nitrogen functional groups attached to an aromatic ring is 1. The van der Waals surface area contributed by atoms with Gasteiger partial charge in [-0.2, -0.15) is 0 Å². The molecule has 1 heterocycles. The normalized spacial score (nSPS) is 12.1. The van der Waals surface area contributed by atoms with Crippen LogP contribution in [0.15, 0.2) is 18.3 Å². The molecule has 0 bridgehead atoms. The molecule has 90 valence electrons. The van der Waals surface area contributed by atoms with Gasteiger partial charge in [0.05, 0.1) is 11.3 Å². The largest absolute Gasteiger partial charge is 0.399 e. The van der Waals surface area contributed by atoms with Crippen molar-refractivity contribution >= 4 is 5.69 Å². The van der Waals surface area contributed by atoms with Crippen molar-refractivity contribution in [3.8, 4) is 0 Å². The van der Waals surface area contributed by atoms with E-state index in [1.54, 1.807) is 12.3 Å². The first kappa shape index (κ1) is 12.9. The molecule has 0 amide bonds. The van der Waals surface area contributed by atoms with Crippen molar-refractivity contribution in [1.82, 2.24) is 9.88 Å². The molecule has 0 aliphatic heterocycles. The molecule has 4 heteroatoms. The molecule has 0 aliphatic carbocycles. The van der Waals surface area contributed by atoms with Gasteiger partial charge in [-0.25, -0.2) is 0 Å². The number of pyridine rings is 1. The Labute approximate surface area is 97.1 Å². The summed E-state index contributed by atoms with van der Waals surface area (Å²) in [5.74, 6) is 0. The summed E-state index contributed by atoms with van der Waals surface area (Å²) in [7, 11) is 0. The van der Waals surface area contributed by atoms with Crippen molar-refractivity contribution in [2.75, 3.05) is 18.8 Å². The second-order valence-electron chi connectivity index (χ2n) is 4.70. The second-order valence-corrected chi connectivity index (χ2v) is 4.70. The SMILES string of the molecule is CCN(Cc1cc(N)ccn1)CC(C)(C)O. The summed E-state index contributed by atoms with van der Waals surface area (Å²) in [6.07, 6.45) is 1.71. The maximum Gasteiger partial charge on any atom is 0.0718 e. The maximum atomic E-state index is 9.77. The van der Waals surface area contributed by atoms with Gasteiger partial charge in [0.25, 0.3) is 0 Å². The summed E-state index contributed by atoms with van der Waals surface area (Å²) in [5, 5.41) is 9.77. The van der Waals surface area contributed by atoms with Crippen LogP contribution in [-0.4, -0.2) is 33.7 Å². The van der Waals surface area contributed by atoms with Gasteiger partial charge < -0.3 is 10.8 Å². The Bertz CT molecular complexity index is 333. The lowest BCUT2D eigenvalue weighted by atomic mass is 10.1. The van der Waals surface area contributed by atoms with Gasteiger partial charge in [-0.15, -0.1) is 0 Å². The van der Waals surface area contributed by atoms with E-state index in [0.29, 0.717) is 13.1 Å². The molecule has 0 unspecified atom stereocenters. The molecule has 0 atom stereocenters. The third kappa shape index (κ3) is 4.59. The first-order valence-corrected chi connectivity index (χ1v) is 5.56. The number of rotatable bonds is 5. The van der Waals surface area contributed by atoms with Crippen LogP contribution in [0.4, 0.5) is 5.69 Å². The predicted octanol–water partition coefficient (Wildman–Crippen LogP) is 1.26. The quantitative estimate of drug-likeness (QED) is 0.789. The van der Waals surface area contributed by atoms with Crippen LogP contribution in [0, 0.1) is 0 Å². The molecular formula is C12H21N3O. The van der Waals surface area contributed by atoms with Crippen molar-refractivity contribution in [2.24, 2.45) is 0 Å². The Morgan fingerprint density at radius 2 is 2.19 bits per heavy atom. The van der Waals surface area contributed by atoms with Crippen molar-refractivity contribution in [3.63, 3.8) is 0 Å². The predicted molar refractivity (Wildman–Crippen MR) is 65.9 cm³/mol. The third-order valence-corrected chi connectivity index (χ3v) is 2.28. The molecule has 0 spiro atoms. The fraction of sp³-hybridized carbons (Fsp3) is 0.583. The minimum atomic E-state index is -0.684.